The van der Waals surface area contributed by atoms with Crippen molar-refractivity contribution in [3.63, 3.8) is 0 Å². The number of aromatic nitrogens is 2. The van der Waals surface area contributed by atoms with E-state index in [2.05, 4.69) is 26.1 Å². The highest BCUT2D eigenvalue weighted by atomic mass is 79.9. The van der Waals surface area contributed by atoms with Crippen LogP contribution in [0, 0.1) is 0 Å². The van der Waals surface area contributed by atoms with Crippen molar-refractivity contribution in [2.75, 3.05) is 19.8 Å². The lowest BCUT2D eigenvalue weighted by molar-refractivity contribution is -0.126. The summed E-state index contributed by atoms with van der Waals surface area (Å²) in [4.78, 5) is 12.5. The van der Waals surface area contributed by atoms with E-state index in [1.54, 1.807) is 11.0 Å². The first-order valence-electron chi connectivity index (χ1n) is 4.59. The highest BCUT2D eigenvalue weighted by Crippen LogP contribution is 2.20. The Labute approximate surface area is 95.6 Å². The van der Waals surface area contributed by atoms with Crippen molar-refractivity contribution in [1.82, 2.24) is 15.1 Å². The molecule has 1 unspecified atom stereocenters. The van der Waals surface area contributed by atoms with Crippen molar-refractivity contribution in [1.29, 1.82) is 0 Å². The van der Waals surface area contributed by atoms with Crippen molar-refractivity contribution >= 4 is 22.3 Å². The summed E-state index contributed by atoms with van der Waals surface area (Å²) < 4.78 is 6.00. The summed E-state index contributed by atoms with van der Waals surface area (Å²) in [5, 5.41) is 7.91. The molecule has 1 aliphatic heterocycles. The number of halogens is 1. The SMILES string of the molecule is O=CN1CCOCC1c1ccc(Br)nn1. The largest absolute Gasteiger partial charge is 0.377 e. The molecular formula is C9H10BrN3O2. The van der Waals surface area contributed by atoms with Crippen molar-refractivity contribution in [3.8, 4) is 0 Å². The van der Waals surface area contributed by atoms with Gasteiger partial charge in [0.1, 0.15) is 4.60 Å². The van der Waals surface area contributed by atoms with Gasteiger partial charge in [-0.1, -0.05) is 0 Å². The minimum atomic E-state index is -0.114. The minimum absolute atomic E-state index is 0.114. The van der Waals surface area contributed by atoms with E-state index in [1.807, 2.05) is 6.07 Å². The molecule has 1 saturated heterocycles. The molecule has 1 aliphatic rings. The van der Waals surface area contributed by atoms with Gasteiger partial charge in [-0.15, -0.1) is 5.10 Å². The maximum atomic E-state index is 10.8. The molecule has 0 saturated carbocycles. The Balaban J connectivity index is 2.20. The first-order chi connectivity index (χ1) is 7.31. The van der Waals surface area contributed by atoms with Crippen LogP contribution in [0.1, 0.15) is 11.7 Å². The van der Waals surface area contributed by atoms with E-state index in [-0.39, 0.29) is 6.04 Å². The number of rotatable bonds is 2. The summed E-state index contributed by atoms with van der Waals surface area (Å²) in [5.41, 5.74) is 0.755. The normalized spacial score (nSPS) is 21.4. The molecule has 0 N–H and O–H groups in total. The third-order valence-corrected chi connectivity index (χ3v) is 2.72. The maximum absolute atomic E-state index is 10.8. The van der Waals surface area contributed by atoms with Gasteiger partial charge in [0.25, 0.3) is 0 Å². The molecular weight excluding hydrogens is 262 g/mol. The number of ether oxygens (including phenoxy) is 1. The monoisotopic (exact) mass is 271 g/mol. The fraction of sp³-hybridized carbons (Fsp3) is 0.444. The molecule has 1 aromatic rings. The van der Waals surface area contributed by atoms with Crippen LogP contribution in [0.25, 0.3) is 0 Å². The summed E-state index contributed by atoms with van der Waals surface area (Å²) in [7, 11) is 0. The molecule has 15 heavy (non-hydrogen) atoms. The number of morpholine rings is 1. The predicted octanol–water partition coefficient (Wildman–Crippen LogP) is 0.769. The van der Waals surface area contributed by atoms with Crippen molar-refractivity contribution in [3.05, 3.63) is 22.4 Å². The van der Waals surface area contributed by atoms with E-state index in [1.165, 1.54) is 0 Å². The molecule has 1 aromatic heterocycles. The summed E-state index contributed by atoms with van der Waals surface area (Å²) >= 11 is 3.21. The van der Waals surface area contributed by atoms with E-state index >= 15 is 0 Å². The molecule has 0 bridgehead atoms. The molecule has 2 heterocycles. The Kier molecular flexibility index (Phi) is 3.27. The summed E-state index contributed by atoms with van der Waals surface area (Å²) in [5.74, 6) is 0. The highest BCUT2D eigenvalue weighted by molar-refractivity contribution is 9.10. The van der Waals surface area contributed by atoms with E-state index in [0.717, 1.165) is 12.1 Å². The zero-order valence-corrected chi connectivity index (χ0v) is 9.55. The number of carbonyl (C=O) groups excluding carboxylic acids is 1. The van der Waals surface area contributed by atoms with Gasteiger partial charge >= 0.3 is 0 Å². The maximum Gasteiger partial charge on any atom is 0.210 e. The summed E-state index contributed by atoms with van der Waals surface area (Å²) in [6, 6.07) is 3.53. The number of hydrogen-bond donors (Lipinski definition) is 0. The number of nitrogens with zero attached hydrogens (tertiary/aromatic N) is 3. The number of carbonyl (C=O) groups is 1. The molecule has 5 nitrogen and oxygen atoms in total. The molecule has 1 amide bonds. The van der Waals surface area contributed by atoms with Gasteiger partial charge in [0, 0.05) is 6.54 Å². The lowest BCUT2D eigenvalue weighted by Crippen LogP contribution is -2.38. The Hall–Kier alpha value is -1.01. The Bertz CT molecular complexity index is 344. The van der Waals surface area contributed by atoms with Gasteiger partial charge in [0.05, 0.1) is 24.9 Å². The smallest absolute Gasteiger partial charge is 0.210 e. The summed E-state index contributed by atoms with van der Waals surface area (Å²) in [6.45, 7) is 1.67. The number of hydrogen-bond acceptors (Lipinski definition) is 4. The fourth-order valence-electron chi connectivity index (χ4n) is 1.50. The molecule has 6 heteroatoms. The lowest BCUT2D eigenvalue weighted by atomic mass is 10.1. The number of amides is 1. The minimum Gasteiger partial charge on any atom is -0.377 e. The average Bonchev–Trinajstić information content (AvgIpc) is 2.30. The zero-order valence-electron chi connectivity index (χ0n) is 7.97. The zero-order chi connectivity index (χ0) is 10.7. The van der Waals surface area contributed by atoms with E-state index in [0.29, 0.717) is 24.4 Å². The Morgan fingerprint density at radius 1 is 1.53 bits per heavy atom. The topological polar surface area (TPSA) is 55.3 Å². The van der Waals surface area contributed by atoms with Crippen LogP contribution in [-0.4, -0.2) is 41.3 Å². The van der Waals surface area contributed by atoms with Gasteiger partial charge in [-0.05, 0) is 28.1 Å². The van der Waals surface area contributed by atoms with Crippen LogP contribution in [-0.2, 0) is 9.53 Å². The van der Waals surface area contributed by atoms with E-state index < -0.39 is 0 Å². The second-order valence-corrected chi connectivity index (χ2v) is 4.03. The highest BCUT2D eigenvalue weighted by Gasteiger charge is 2.24. The average molecular weight is 272 g/mol. The van der Waals surface area contributed by atoms with Crippen LogP contribution in [0.2, 0.25) is 0 Å². The molecule has 0 spiro atoms. The second-order valence-electron chi connectivity index (χ2n) is 3.21. The van der Waals surface area contributed by atoms with Gasteiger partial charge in [-0.2, -0.15) is 5.10 Å². The van der Waals surface area contributed by atoms with E-state index in [9.17, 15) is 4.79 Å². The Morgan fingerprint density at radius 3 is 3.07 bits per heavy atom. The Morgan fingerprint density at radius 2 is 2.40 bits per heavy atom. The van der Waals surface area contributed by atoms with Gasteiger partial charge in [-0.3, -0.25) is 4.79 Å². The third kappa shape index (κ3) is 2.32. The molecule has 2 rings (SSSR count). The molecule has 1 atom stereocenters. The quantitative estimate of drug-likeness (QED) is 0.746. The van der Waals surface area contributed by atoms with Crippen molar-refractivity contribution < 1.29 is 9.53 Å². The third-order valence-electron chi connectivity index (χ3n) is 2.30. The molecule has 0 aliphatic carbocycles. The summed E-state index contributed by atoms with van der Waals surface area (Å²) in [6.07, 6.45) is 0.830. The van der Waals surface area contributed by atoms with Gasteiger partial charge in [0.15, 0.2) is 0 Å². The van der Waals surface area contributed by atoms with Crippen LogP contribution in [0.15, 0.2) is 16.7 Å². The first-order valence-corrected chi connectivity index (χ1v) is 5.38. The lowest BCUT2D eigenvalue weighted by Gasteiger charge is -2.31. The molecule has 80 valence electrons. The van der Waals surface area contributed by atoms with Gasteiger partial charge in [0.2, 0.25) is 6.41 Å². The van der Waals surface area contributed by atoms with Crippen LogP contribution in [0.4, 0.5) is 0 Å². The van der Waals surface area contributed by atoms with Crippen LogP contribution in [0.5, 0.6) is 0 Å². The predicted molar refractivity (Wildman–Crippen MR) is 56.1 cm³/mol. The standard InChI is InChI=1S/C9H10BrN3O2/c10-9-2-1-7(11-12-9)8-5-15-4-3-13(8)6-14/h1-2,6,8H,3-5H2. The van der Waals surface area contributed by atoms with Crippen LogP contribution < -0.4 is 0 Å². The molecule has 0 radical (unpaired) electrons. The van der Waals surface area contributed by atoms with Crippen molar-refractivity contribution in [2.24, 2.45) is 0 Å². The van der Waals surface area contributed by atoms with Gasteiger partial charge < -0.3 is 9.64 Å². The van der Waals surface area contributed by atoms with Crippen molar-refractivity contribution in [2.45, 2.75) is 6.04 Å². The molecule has 0 aromatic carbocycles. The fourth-order valence-corrected chi connectivity index (χ4v) is 1.71. The van der Waals surface area contributed by atoms with E-state index in [4.69, 9.17) is 4.74 Å². The second kappa shape index (κ2) is 4.67. The van der Waals surface area contributed by atoms with Crippen LogP contribution >= 0.6 is 15.9 Å². The van der Waals surface area contributed by atoms with Gasteiger partial charge in [-0.25, -0.2) is 0 Å². The molecule has 1 fully saturated rings. The van der Waals surface area contributed by atoms with Crippen LogP contribution in [0.3, 0.4) is 0 Å². The first kappa shape index (κ1) is 10.5.